The molecule has 0 fully saturated rings. The minimum absolute atomic E-state index is 0.231. The summed E-state index contributed by atoms with van der Waals surface area (Å²) in [7, 11) is -3.57. The maximum absolute atomic E-state index is 12.6. The molecular weight excluding hydrogens is 350 g/mol. The van der Waals surface area contributed by atoms with Crippen LogP contribution in [0.5, 0.6) is 0 Å². The minimum Gasteiger partial charge on any atom is -0.339 e. The van der Waals surface area contributed by atoms with Gasteiger partial charge in [-0.1, -0.05) is 42.5 Å². The third-order valence-electron chi connectivity index (χ3n) is 3.84. The van der Waals surface area contributed by atoms with Gasteiger partial charge in [0, 0.05) is 18.4 Å². The number of anilines is 1. The Hall–Kier alpha value is -2.90. The van der Waals surface area contributed by atoms with E-state index in [9.17, 15) is 13.2 Å². The molecule has 3 N–H and O–H groups in total. The zero-order valence-corrected chi connectivity index (χ0v) is 14.8. The second-order valence-corrected chi connectivity index (χ2v) is 7.58. The Bertz CT molecular complexity index is 994. The third-order valence-corrected chi connectivity index (χ3v) is 4.57. The van der Waals surface area contributed by atoms with Gasteiger partial charge in [0.1, 0.15) is 5.69 Å². The normalized spacial score (nSPS) is 11.3. The van der Waals surface area contributed by atoms with Crippen LogP contribution in [-0.4, -0.2) is 18.9 Å². The predicted octanol–water partition coefficient (Wildman–Crippen LogP) is 2.58. The quantitative estimate of drug-likeness (QED) is 0.699. The molecule has 1 heterocycles. The van der Waals surface area contributed by atoms with Crippen molar-refractivity contribution < 1.29 is 13.2 Å². The molecule has 6 nitrogen and oxygen atoms in total. The van der Waals surface area contributed by atoms with Crippen LogP contribution in [0, 0.1) is 0 Å². The molecule has 0 saturated heterocycles. The lowest BCUT2D eigenvalue weighted by molar-refractivity contribution is 0.101. The smallest absolute Gasteiger partial charge is 0.272 e. The first-order valence-corrected chi connectivity index (χ1v) is 9.72. The maximum atomic E-state index is 12.6. The first-order valence-electron chi connectivity index (χ1n) is 8.00. The molecule has 3 aromatic rings. The predicted molar refractivity (Wildman–Crippen MR) is 101 cm³/mol. The van der Waals surface area contributed by atoms with Crippen LogP contribution in [0.1, 0.15) is 21.6 Å². The highest BCUT2D eigenvalue weighted by molar-refractivity contribution is 7.88. The third kappa shape index (κ3) is 4.81. The number of benzene rings is 2. The Morgan fingerprint density at radius 3 is 2.27 bits per heavy atom. The van der Waals surface area contributed by atoms with Gasteiger partial charge in [-0.2, -0.15) is 0 Å². The first kappa shape index (κ1) is 17.9. The van der Waals surface area contributed by atoms with Crippen LogP contribution in [0.4, 0.5) is 5.69 Å². The van der Waals surface area contributed by atoms with Gasteiger partial charge in [0.2, 0.25) is 10.0 Å². The number of carbonyl (C=O) groups is 1. The van der Waals surface area contributed by atoms with Gasteiger partial charge in [0.15, 0.2) is 0 Å². The average molecular weight is 369 g/mol. The molecule has 0 aliphatic carbocycles. The standard InChI is InChI=1S/C19H19N3O3S/c20-26(24,25)14-16-8-10-17(11-9-16)21-19(23)18-7-4-12-22(18)13-15-5-2-1-3-6-15/h1-12H,13-14H2,(H,21,23)(H2,20,24,25). The van der Waals surface area contributed by atoms with Crippen molar-refractivity contribution in [3.63, 3.8) is 0 Å². The van der Waals surface area contributed by atoms with E-state index in [0.29, 0.717) is 23.5 Å². The molecule has 0 radical (unpaired) electrons. The molecule has 26 heavy (non-hydrogen) atoms. The number of nitrogens with zero attached hydrogens (tertiary/aromatic N) is 1. The fourth-order valence-electron chi connectivity index (χ4n) is 2.65. The lowest BCUT2D eigenvalue weighted by atomic mass is 10.2. The first-order chi connectivity index (χ1) is 12.4. The van der Waals surface area contributed by atoms with Crippen molar-refractivity contribution in [2.24, 2.45) is 5.14 Å². The Kier molecular flexibility index (Phi) is 5.20. The highest BCUT2D eigenvalue weighted by Crippen LogP contribution is 2.14. The molecule has 2 aromatic carbocycles. The van der Waals surface area contributed by atoms with E-state index in [-0.39, 0.29) is 11.7 Å². The second-order valence-electron chi connectivity index (χ2n) is 5.97. The molecule has 0 spiro atoms. The van der Waals surface area contributed by atoms with Crippen molar-refractivity contribution in [1.29, 1.82) is 0 Å². The summed E-state index contributed by atoms with van der Waals surface area (Å²) in [5, 5.41) is 7.85. The number of nitrogens with two attached hydrogens (primary N) is 1. The average Bonchev–Trinajstić information content (AvgIpc) is 3.04. The van der Waals surface area contributed by atoms with Gasteiger partial charge >= 0.3 is 0 Å². The fourth-order valence-corrected chi connectivity index (χ4v) is 3.31. The summed E-state index contributed by atoms with van der Waals surface area (Å²) in [5.41, 5.74) is 2.80. The van der Waals surface area contributed by atoms with Crippen molar-refractivity contribution in [2.75, 3.05) is 5.32 Å². The highest BCUT2D eigenvalue weighted by Gasteiger charge is 2.12. The summed E-state index contributed by atoms with van der Waals surface area (Å²) in [4.78, 5) is 12.6. The van der Waals surface area contributed by atoms with Gasteiger partial charge in [-0.15, -0.1) is 0 Å². The zero-order chi connectivity index (χ0) is 18.6. The topological polar surface area (TPSA) is 94.2 Å². The fraction of sp³-hybridized carbons (Fsp3) is 0.105. The number of hydrogen-bond donors (Lipinski definition) is 2. The minimum atomic E-state index is -3.57. The second kappa shape index (κ2) is 7.55. The van der Waals surface area contributed by atoms with Crippen LogP contribution in [-0.2, 0) is 22.3 Å². The number of primary sulfonamides is 1. The van der Waals surface area contributed by atoms with Crippen LogP contribution in [0.3, 0.4) is 0 Å². The van der Waals surface area contributed by atoms with E-state index in [2.05, 4.69) is 5.32 Å². The van der Waals surface area contributed by atoms with E-state index >= 15 is 0 Å². The van der Waals surface area contributed by atoms with E-state index in [0.717, 1.165) is 5.56 Å². The van der Waals surface area contributed by atoms with Crippen molar-refractivity contribution in [3.8, 4) is 0 Å². The Balaban J connectivity index is 1.70. The molecule has 0 aliphatic rings. The highest BCUT2D eigenvalue weighted by atomic mass is 32.2. The molecule has 0 saturated carbocycles. The lowest BCUT2D eigenvalue weighted by Crippen LogP contribution is -2.17. The number of hydrogen-bond acceptors (Lipinski definition) is 3. The Morgan fingerprint density at radius 1 is 0.923 bits per heavy atom. The molecule has 0 bridgehead atoms. The van der Waals surface area contributed by atoms with Crippen LogP contribution in [0.25, 0.3) is 0 Å². The molecule has 1 amide bonds. The summed E-state index contributed by atoms with van der Waals surface area (Å²) in [6, 6.07) is 20.0. The summed E-state index contributed by atoms with van der Waals surface area (Å²) in [6.07, 6.45) is 1.86. The SMILES string of the molecule is NS(=O)(=O)Cc1ccc(NC(=O)c2cccn2Cc2ccccc2)cc1. The number of carbonyl (C=O) groups excluding carboxylic acids is 1. The molecule has 0 atom stereocenters. The van der Waals surface area contributed by atoms with E-state index in [1.807, 2.05) is 47.2 Å². The van der Waals surface area contributed by atoms with Gasteiger partial charge in [-0.05, 0) is 35.4 Å². The molecule has 3 rings (SSSR count). The van der Waals surface area contributed by atoms with E-state index < -0.39 is 10.0 Å². The summed E-state index contributed by atoms with van der Waals surface area (Å²) < 4.78 is 24.1. The van der Waals surface area contributed by atoms with Gasteiger partial charge < -0.3 is 9.88 Å². The van der Waals surface area contributed by atoms with Gasteiger partial charge in [0.25, 0.3) is 5.91 Å². The summed E-state index contributed by atoms with van der Waals surface area (Å²) in [5.74, 6) is -0.466. The van der Waals surface area contributed by atoms with Gasteiger partial charge in [0.05, 0.1) is 5.75 Å². The molecular formula is C19H19N3O3S. The number of aromatic nitrogens is 1. The summed E-state index contributed by atoms with van der Waals surface area (Å²) >= 11 is 0. The van der Waals surface area contributed by atoms with E-state index in [1.165, 1.54) is 0 Å². The summed E-state index contributed by atoms with van der Waals surface area (Å²) in [6.45, 7) is 0.601. The van der Waals surface area contributed by atoms with Gasteiger partial charge in [-0.25, -0.2) is 13.6 Å². The molecule has 134 valence electrons. The maximum Gasteiger partial charge on any atom is 0.272 e. The van der Waals surface area contributed by atoms with Crippen LogP contribution in [0.15, 0.2) is 72.9 Å². The number of amides is 1. The molecule has 0 unspecified atom stereocenters. The van der Waals surface area contributed by atoms with Gasteiger partial charge in [-0.3, -0.25) is 4.79 Å². The van der Waals surface area contributed by atoms with Crippen LogP contribution >= 0.6 is 0 Å². The van der Waals surface area contributed by atoms with Crippen molar-refractivity contribution in [2.45, 2.75) is 12.3 Å². The van der Waals surface area contributed by atoms with E-state index in [4.69, 9.17) is 5.14 Å². The van der Waals surface area contributed by atoms with Crippen LogP contribution in [0.2, 0.25) is 0 Å². The monoisotopic (exact) mass is 369 g/mol. The molecule has 7 heteroatoms. The zero-order valence-electron chi connectivity index (χ0n) is 14.0. The van der Waals surface area contributed by atoms with Crippen LogP contribution < -0.4 is 10.5 Å². The lowest BCUT2D eigenvalue weighted by Gasteiger charge is -2.10. The van der Waals surface area contributed by atoms with Crippen molar-refractivity contribution in [3.05, 3.63) is 89.7 Å². The van der Waals surface area contributed by atoms with E-state index in [1.54, 1.807) is 30.3 Å². The van der Waals surface area contributed by atoms with Crippen molar-refractivity contribution in [1.82, 2.24) is 4.57 Å². The number of nitrogens with one attached hydrogen (secondary N) is 1. The number of sulfonamides is 1. The largest absolute Gasteiger partial charge is 0.339 e. The Labute approximate surface area is 152 Å². The van der Waals surface area contributed by atoms with Crippen molar-refractivity contribution >= 4 is 21.6 Å². The number of rotatable bonds is 6. The molecule has 0 aliphatic heterocycles. The molecule has 1 aromatic heterocycles. The Morgan fingerprint density at radius 2 is 1.62 bits per heavy atom.